The summed E-state index contributed by atoms with van der Waals surface area (Å²) in [7, 11) is 0. The molecule has 3 aromatic rings. The quantitative estimate of drug-likeness (QED) is 0.571. The lowest BCUT2D eigenvalue weighted by atomic mass is 10.1. The van der Waals surface area contributed by atoms with Crippen LogP contribution in [0.15, 0.2) is 56.9 Å². The standard InChI is InChI=1S/C15H10F3N3O2S/c16-15(17,18)12-7-13(22)20-14(19-12)24-8-10-6-11(21-23-10)9-4-2-1-3-5-9/h1-7H,8H2,(H,19,20,22). The Morgan fingerprint density at radius 2 is 1.92 bits per heavy atom. The summed E-state index contributed by atoms with van der Waals surface area (Å²) in [5.41, 5.74) is -0.599. The highest BCUT2D eigenvalue weighted by molar-refractivity contribution is 7.98. The molecule has 9 heteroatoms. The third-order valence-corrected chi connectivity index (χ3v) is 3.89. The number of hydrogen-bond acceptors (Lipinski definition) is 5. The van der Waals surface area contributed by atoms with Gasteiger partial charge in [-0.3, -0.25) is 4.79 Å². The van der Waals surface area contributed by atoms with Gasteiger partial charge in [0.15, 0.2) is 10.9 Å². The average Bonchev–Trinajstić information content (AvgIpc) is 3.01. The van der Waals surface area contributed by atoms with Crippen LogP contribution in [0.25, 0.3) is 11.3 Å². The summed E-state index contributed by atoms with van der Waals surface area (Å²) < 4.78 is 43.1. The first-order chi connectivity index (χ1) is 11.4. The third kappa shape index (κ3) is 3.85. The predicted molar refractivity (Wildman–Crippen MR) is 81.4 cm³/mol. The van der Waals surface area contributed by atoms with Gasteiger partial charge in [0.05, 0.1) is 5.75 Å². The van der Waals surface area contributed by atoms with E-state index in [2.05, 4.69) is 15.1 Å². The van der Waals surface area contributed by atoms with Crippen LogP contribution in [0, 0.1) is 0 Å². The number of hydrogen-bond donors (Lipinski definition) is 1. The van der Waals surface area contributed by atoms with Crippen molar-refractivity contribution >= 4 is 11.8 Å². The Kier molecular flexibility index (Phi) is 4.43. The molecule has 3 rings (SSSR count). The van der Waals surface area contributed by atoms with Crippen LogP contribution in [0.1, 0.15) is 11.5 Å². The van der Waals surface area contributed by atoms with Crippen molar-refractivity contribution in [2.45, 2.75) is 17.1 Å². The molecule has 0 saturated heterocycles. The molecule has 1 N–H and O–H groups in total. The summed E-state index contributed by atoms with van der Waals surface area (Å²) in [5.74, 6) is 0.642. The molecule has 0 aliphatic carbocycles. The van der Waals surface area contributed by atoms with E-state index in [1.165, 1.54) is 0 Å². The lowest BCUT2D eigenvalue weighted by Crippen LogP contribution is -2.16. The Morgan fingerprint density at radius 3 is 2.62 bits per heavy atom. The Labute approximate surface area is 137 Å². The van der Waals surface area contributed by atoms with Gasteiger partial charge in [0.2, 0.25) is 0 Å². The van der Waals surface area contributed by atoms with Gasteiger partial charge in [-0.05, 0) is 0 Å². The number of alkyl halides is 3. The molecule has 5 nitrogen and oxygen atoms in total. The highest BCUT2D eigenvalue weighted by atomic mass is 32.2. The molecule has 1 aromatic carbocycles. The Hall–Kier alpha value is -2.55. The van der Waals surface area contributed by atoms with E-state index in [0.717, 1.165) is 17.3 Å². The molecule has 0 fully saturated rings. The Balaban J connectivity index is 1.74. The number of thioether (sulfide) groups is 1. The lowest BCUT2D eigenvalue weighted by Gasteiger charge is -2.06. The molecule has 0 aliphatic heterocycles. The highest BCUT2D eigenvalue weighted by Gasteiger charge is 2.33. The number of nitrogens with zero attached hydrogens (tertiary/aromatic N) is 2. The van der Waals surface area contributed by atoms with Gasteiger partial charge in [0.25, 0.3) is 5.56 Å². The minimum atomic E-state index is -4.67. The molecule has 0 atom stereocenters. The van der Waals surface area contributed by atoms with Crippen LogP contribution in [-0.4, -0.2) is 15.1 Å². The average molecular weight is 353 g/mol. The van der Waals surface area contributed by atoms with Gasteiger partial charge in [-0.15, -0.1) is 0 Å². The number of aromatic amines is 1. The van der Waals surface area contributed by atoms with E-state index in [9.17, 15) is 18.0 Å². The summed E-state index contributed by atoms with van der Waals surface area (Å²) in [6.45, 7) is 0. The zero-order valence-corrected chi connectivity index (χ0v) is 12.8. The lowest BCUT2D eigenvalue weighted by molar-refractivity contribution is -0.141. The molecule has 24 heavy (non-hydrogen) atoms. The fourth-order valence-electron chi connectivity index (χ4n) is 1.91. The molecule has 0 aliphatic rings. The van der Waals surface area contributed by atoms with Crippen molar-refractivity contribution < 1.29 is 17.7 Å². The molecular weight excluding hydrogens is 343 g/mol. The second-order valence-electron chi connectivity index (χ2n) is 4.77. The molecule has 124 valence electrons. The van der Waals surface area contributed by atoms with Gasteiger partial charge in [-0.2, -0.15) is 13.2 Å². The molecule has 0 amide bonds. The van der Waals surface area contributed by atoms with Crippen LogP contribution in [0.2, 0.25) is 0 Å². The van der Waals surface area contributed by atoms with Crippen molar-refractivity contribution in [2.24, 2.45) is 0 Å². The van der Waals surface area contributed by atoms with Crippen molar-refractivity contribution in [3.63, 3.8) is 0 Å². The van der Waals surface area contributed by atoms with Crippen LogP contribution in [-0.2, 0) is 11.9 Å². The topological polar surface area (TPSA) is 71.8 Å². The minimum Gasteiger partial charge on any atom is -0.360 e. The largest absolute Gasteiger partial charge is 0.433 e. The molecule has 0 radical (unpaired) electrons. The van der Waals surface area contributed by atoms with E-state index in [-0.39, 0.29) is 10.9 Å². The molecule has 0 bridgehead atoms. The van der Waals surface area contributed by atoms with Crippen LogP contribution < -0.4 is 5.56 Å². The summed E-state index contributed by atoms with van der Waals surface area (Å²) in [6, 6.07) is 11.4. The molecule has 0 saturated carbocycles. The molecule has 2 heterocycles. The van der Waals surface area contributed by atoms with E-state index in [1.807, 2.05) is 30.3 Å². The van der Waals surface area contributed by atoms with Gasteiger partial charge in [0.1, 0.15) is 11.5 Å². The van der Waals surface area contributed by atoms with Gasteiger partial charge in [-0.1, -0.05) is 47.3 Å². The first-order valence-corrected chi connectivity index (χ1v) is 7.73. The smallest absolute Gasteiger partial charge is 0.360 e. The number of benzene rings is 1. The number of aromatic nitrogens is 3. The summed E-state index contributed by atoms with van der Waals surface area (Å²) >= 11 is 0.926. The Morgan fingerprint density at radius 1 is 1.17 bits per heavy atom. The second kappa shape index (κ2) is 6.52. The van der Waals surface area contributed by atoms with E-state index in [4.69, 9.17) is 4.52 Å². The summed E-state index contributed by atoms with van der Waals surface area (Å²) in [4.78, 5) is 17.0. The van der Waals surface area contributed by atoms with Crippen LogP contribution in [0.5, 0.6) is 0 Å². The van der Waals surface area contributed by atoms with Crippen LogP contribution >= 0.6 is 11.8 Å². The van der Waals surface area contributed by atoms with Gasteiger partial charge in [-0.25, -0.2) is 4.98 Å². The number of halogens is 3. The SMILES string of the molecule is O=c1cc(C(F)(F)F)nc(SCc2cc(-c3ccccc3)no2)[nH]1. The monoisotopic (exact) mass is 353 g/mol. The summed E-state index contributed by atoms with van der Waals surface area (Å²) in [6.07, 6.45) is -4.67. The fraction of sp³-hybridized carbons (Fsp3) is 0.133. The van der Waals surface area contributed by atoms with E-state index < -0.39 is 17.4 Å². The highest BCUT2D eigenvalue weighted by Crippen LogP contribution is 2.28. The number of nitrogens with one attached hydrogen (secondary N) is 1. The van der Waals surface area contributed by atoms with Crippen molar-refractivity contribution in [1.29, 1.82) is 0 Å². The van der Waals surface area contributed by atoms with E-state index in [0.29, 0.717) is 17.5 Å². The normalized spacial score (nSPS) is 11.6. The van der Waals surface area contributed by atoms with Crippen molar-refractivity contribution in [3.8, 4) is 11.3 Å². The molecule has 0 unspecified atom stereocenters. The predicted octanol–water partition coefficient (Wildman–Crippen LogP) is 3.74. The van der Waals surface area contributed by atoms with Crippen molar-refractivity contribution in [3.05, 3.63) is 64.3 Å². The maximum atomic E-state index is 12.6. The van der Waals surface area contributed by atoms with E-state index >= 15 is 0 Å². The van der Waals surface area contributed by atoms with Crippen molar-refractivity contribution in [1.82, 2.24) is 15.1 Å². The van der Waals surface area contributed by atoms with Gasteiger partial charge >= 0.3 is 6.18 Å². The molecule has 0 spiro atoms. The van der Waals surface area contributed by atoms with Crippen LogP contribution in [0.4, 0.5) is 13.2 Å². The third-order valence-electron chi connectivity index (χ3n) is 2.99. The second-order valence-corrected chi connectivity index (χ2v) is 5.73. The molecule has 2 aromatic heterocycles. The number of H-pyrrole nitrogens is 1. The zero-order chi connectivity index (χ0) is 17.2. The number of rotatable bonds is 4. The zero-order valence-electron chi connectivity index (χ0n) is 12.0. The Bertz CT molecular complexity index is 891. The van der Waals surface area contributed by atoms with E-state index in [1.54, 1.807) is 6.07 Å². The first-order valence-electron chi connectivity index (χ1n) is 6.74. The van der Waals surface area contributed by atoms with Crippen LogP contribution in [0.3, 0.4) is 0 Å². The van der Waals surface area contributed by atoms with Gasteiger partial charge in [0, 0.05) is 17.7 Å². The minimum absolute atomic E-state index is 0.132. The maximum Gasteiger partial charge on any atom is 0.433 e. The molecular formula is C15H10F3N3O2S. The van der Waals surface area contributed by atoms with Gasteiger partial charge < -0.3 is 9.51 Å². The fourth-order valence-corrected chi connectivity index (χ4v) is 2.66. The summed E-state index contributed by atoms with van der Waals surface area (Å²) in [5, 5.41) is 3.78. The van der Waals surface area contributed by atoms with Crippen molar-refractivity contribution in [2.75, 3.05) is 0 Å². The maximum absolute atomic E-state index is 12.6. The first kappa shape index (κ1) is 16.3.